The molecule has 33 heavy (non-hydrogen) atoms. The molecule has 0 aliphatic heterocycles. The van der Waals surface area contributed by atoms with Crippen LogP contribution >= 0.6 is 0 Å². The Labute approximate surface area is 193 Å². The van der Waals surface area contributed by atoms with Gasteiger partial charge in [0.2, 0.25) is 0 Å². The second-order valence-electron chi connectivity index (χ2n) is 8.63. The predicted octanol–water partition coefficient (Wildman–Crippen LogP) is 4.84. The SMILES string of the molecule is Cc1ncc(-c2ccncc2)c(C2CCC(CNC(=O)[C@H](C)Oc3ccc(F)cc3)CC2)n1. The van der Waals surface area contributed by atoms with Crippen LogP contribution in [0.1, 0.15) is 50.0 Å². The largest absolute Gasteiger partial charge is 0.481 e. The lowest BCUT2D eigenvalue weighted by Gasteiger charge is -2.29. The van der Waals surface area contributed by atoms with Crippen LogP contribution in [0.5, 0.6) is 5.75 Å². The number of nitrogens with zero attached hydrogens (tertiary/aromatic N) is 3. The van der Waals surface area contributed by atoms with Crippen molar-refractivity contribution in [2.75, 3.05) is 6.54 Å². The molecule has 0 bridgehead atoms. The summed E-state index contributed by atoms with van der Waals surface area (Å²) < 4.78 is 18.6. The van der Waals surface area contributed by atoms with Crippen molar-refractivity contribution in [1.82, 2.24) is 20.3 Å². The third-order valence-corrected chi connectivity index (χ3v) is 6.22. The highest BCUT2D eigenvalue weighted by Gasteiger charge is 2.27. The van der Waals surface area contributed by atoms with E-state index >= 15 is 0 Å². The highest BCUT2D eigenvalue weighted by Crippen LogP contribution is 2.38. The highest BCUT2D eigenvalue weighted by molar-refractivity contribution is 5.80. The number of amides is 1. The predicted molar refractivity (Wildman–Crippen MR) is 124 cm³/mol. The van der Waals surface area contributed by atoms with E-state index in [0.717, 1.165) is 48.3 Å². The Morgan fingerprint density at radius 3 is 2.52 bits per heavy atom. The standard InChI is InChI=1S/C26H29FN4O2/c1-17(33-23-9-7-22(27)8-10-23)26(32)30-15-19-3-5-21(6-4-19)25-24(16-29-18(2)31-25)20-11-13-28-14-12-20/h7-14,16-17,19,21H,3-6,15H2,1-2H3,(H,30,32)/t17-,19?,21?/m0/s1. The number of carbonyl (C=O) groups excluding carboxylic acids is 1. The maximum atomic E-state index is 13.0. The number of hydrogen-bond acceptors (Lipinski definition) is 5. The lowest BCUT2D eigenvalue weighted by Crippen LogP contribution is -2.39. The van der Waals surface area contributed by atoms with Crippen LogP contribution in [0.25, 0.3) is 11.1 Å². The number of nitrogens with one attached hydrogen (secondary N) is 1. The summed E-state index contributed by atoms with van der Waals surface area (Å²) in [5, 5.41) is 3.01. The van der Waals surface area contributed by atoms with Gasteiger partial charge in [0.1, 0.15) is 17.4 Å². The van der Waals surface area contributed by atoms with E-state index < -0.39 is 6.10 Å². The van der Waals surface area contributed by atoms with Gasteiger partial charge in [0.25, 0.3) is 5.91 Å². The third kappa shape index (κ3) is 5.92. The van der Waals surface area contributed by atoms with Crippen LogP contribution in [0, 0.1) is 18.7 Å². The average molecular weight is 449 g/mol. The van der Waals surface area contributed by atoms with Gasteiger partial charge in [-0.1, -0.05) is 0 Å². The first-order chi connectivity index (χ1) is 16.0. The molecule has 0 unspecified atom stereocenters. The van der Waals surface area contributed by atoms with Crippen LogP contribution in [-0.2, 0) is 4.79 Å². The Morgan fingerprint density at radius 2 is 1.82 bits per heavy atom. The molecule has 1 atom stereocenters. The fraction of sp³-hybridized carbons (Fsp3) is 0.385. The number of aromatic nitrogens is 3. The van der Waals surface area contributed by atoms with Crippen molar-refractivity contribution < 1.29 is 13.9 Å². The number of pyridine rings is 1. The molecule has 2 heterocycles. The third-order valence-electron chi connectivity index (χ3n) is 6.22. The van der Waals surface area contributed by atoms with Crippen molar-refractivity contribution in [3.05, 3.63) is 72.3 Å². The summed E-state index contributed by atoms with van der Waals surface area (Å²) in [6, 6.07) is 9.67. The van der Waals surface area contributed by atoms with E-state index in [4.69, 9.17) is 9.72 Å². The fourth-order valence-corrected chi connectivity index (χ4v) is 4.35. The fourth-order valence-electron chi connectivity index (χ4n) is 4.35. The molecule has 0 saturated heterocycles. The minimum absolute atomic E-state index is 0.159. The molecule has 1 amide bonds. The summed E-state index contributed by atoms with van der Waals surface area (Å²) in [4.78, 5) is 25.8. The van der Waals surface area contributed by atoms with Crippen LogP contribution in [0.4, 0.5) is 4.39 Å². The van der Waals surface area contributed by atoms with E-state index in [2.05, 4.69) is 15.3 Å². The van der Waals surface area contributed by atoms with Gasteiger partial charge in [0, 0.05) is 36.6 Å². The molecule has 1 N–H and O–H groups in total. The average Bonchev–Trinajstić information content (AvgIpc) is 2.84. The van der Waals surface area contributed by atoms with Gasteiger partial charge in [0.15, 0.2) is 6.10 Å². The van der Waals surface area contributed by atoms with Crippen molar-refractivity contribution >= 4 is 5.91 Å². The molecule has 1 aliphatic rings. The summed E-state index contributed by atoms with van der Waals surface area (Å²) in [7, 11) is 0. The molecular weight excluding hydrogens is 419 g/mol. The van der Waals surface area contributed by atoms with Gasteiger partial charge in [-0.3, -0.25) is 9.78 Å². The molecule has 2 aromatic heterocycles. The quantitative estimate of drug-likeness (QED) is 0.559. The minimum Gasteiger partial charge on any atom is -0.481 e. The summed E-state index contributed by atoms with van der Waals surface area (Å²) in [5.41, 5.74) is 3.27. The molecular formula is C26H29FN4O2. The molecule has 1 fully saturated rings. The maximum absolute atomic E-state index is 13.0. The summed E-state index contributed by atoms with van der Waals surface area (Å²) >= 11 is 0. The second-order valence-corrected chi connectivity index (χ2v) is 8.63. The lowest BCUT2D eigenvalue weighted by molar-refractivity contribution is -0.127. The zero-order chi connectivity index (χ0) is 23.2. The van der Waals surface area contributed by atoms with Gasteiger partial charge in [-0.15, -0.1) is 0 Å². The van der Waals surface area contributed by atoms with Gasteiger partial charge in [-0.05, 0) is 87.4 Å². The van der Waals surface area contributed by atoms with E-state index in [0.29, 0.717) is 24.1 Å². The van der Waals surface area contributed by atoms with Crippen LogP contribution in [0.3, 0.4) is 0 Å². The van der Waals surface area contributed by atoms with E-state index in [1.165, 1.54) is 24.3 Å². The first-order valence-corrected chi connectivity index (χ1v) is 11.4. The Bertz CT molecular complexity index is 1070. The van der Waals surface area contributed by atoms with Crippen LogP contribution < -0.4 is 10.1 Å². The number of hydrogen-bond donors (Lipinski definition) is 1. The van der Waals surface area contributed by atoms with Crippen LogP contribution in [0.15, 0.2) is 55.0 Å². The van der Waals surface area contributed by atoms with Gasteiger partial charge < -0.3 is 10.1 Å². The number of halogens is 1. The monoisotopic (exact) mass is 448 g/mol. The second kappa shape index (κ2) is 10.5. The topological polar surface area (TPSA) is 77.0 Å². The Kier molecular flexibility index (Phi) is 7.27. The molecule has 172 valence electrons. The van der Waals surface area contributed by atoms with E-state index in [9.17, 15) is 9.18 Å². The summed E-state index contributed by atoms with van der Waals surface area (Å²) in [6.45, 7) is 4.26. The number of ether oxygens (including phenoxy) is 1. The molecule has 1 saturated carbocycles. The Balaban J connectivity index is 1.30. The summed E-state index contributed by atoms with van der Waals surface area (Å²) in [5.74, 6) is 1.57. The summed E-state index contributed by atoms with van der Waals surface area (Å²) in [6.07, 6.45) is 8.96. The molecule has 3 aromatic rings. The number of carbonyl (C=O) groups is 1. The van der Waals surface area contributed by atoms with Gasteiger partial charge in [-0.2, -0.15) is 0 Å². The molecule has 4 rings (SSSR count). The van der Waals surface area contributed by atoms with Crippen molar-refractivity contribution in [2.45, 2.75) is 51.6 Å². The van der Waals surface area contributed by atoms with Crippen LogP contribution in [-0.4, -0.2) is 33.5 Å². The number of rotatable bonds is 7. The smallest absolute Gasteiger partial charge is 0.260 e. The van der Waals surface area contributed by atoms with Crippen molar-refractivity contribution in [3.8, 4) is 16.9 Å². The van der Waals surface area contributed by atoms with Gasteiger partial charge >= 0.3 is 0 Å². The number of aryl methyl sites for hydroxylation is 1. The molecule has 7 heteroatoms. The van der Waals surface area contributed by atoms with E-state index in [1.807, 2.05) is 25.3 Å². The normalized spacial score (nSPS) is 19.0. The zero-order valence-corrected chi connectivity index (χ0v) is 19.0. The molecule has 0 radical (unpaired) electrons. The van der Waals surface area contributed by atoms with Crippen molar-refractivity contribution in [3.63, 3.8) is 0 Å². The molecule has 1 aliphatic carbocycles. The zero-order valence-electron chi connectivity index (χ0n) is 19.0. The number of benzene rings is 1. The minimum atomic E-state index is -0.640. The van der Waals surface area contributed by atoms with E-state index in [-0.39, 0.29) is 11.7 Å². The molecule has 0 spiro atoms. The molecule has 1 aromatic carbocycles. The van der Waals surface area contributed by atoms with E-state index in [1.54, 1.807) is 19.3 Å². The molecule has 6 nitrogen and oxygen atoms in total. The maximum Gasteiger partial charge on any atom is 0.260 e. The first kappa shape index (κ1) is 22.8. The first-order valence-electron chi connectivity index (χ1n) is 11.4. The van der Waals surface area contributed by atoms with Crippen molar-refractivity contribution in [2.24, 2.45) is 5.92 Å². The van der Waals surface area contributed by atoms with Gasteiger partial charge in [-0.25, -0.2) is 14.4 Å². The van der Waals surface area contributed by atoms with Crippen LogP contribution in [0.2, 0.25) is 0 Å². The lowest BCUT2D eigenvalue weighted by atomic mass is 9.79. The Hall–Kier alpha value is -3.35. The Morgan fingerprint density at radius 1 is 1.12 bits per heavy atom. The highest BCUT2D eigenvalue weighted by atomic mass is 19.1. The van der Waals surface area contributed by atoms with Crippen molar-refractivity contribution in [1.29, 1.82) is 0 Å². The van der Waals surface area contributed by atoms with Gasteiger partial charge in [0.05, 0.1) is 5.69 Å².